The first-order chi connectivity index (χ1) is 10.5. The van der Waals surface area contributed by atoms with Crippen LogP contribution in [0.25, 0.3) is 5.69 Å². The third-order valence-electron chi connectivity index (χ3n) is 2.82. The van der Waals surface area contributed by atoms with E-state index in [1.165, 1.54) is 12.4 Å². The molecular formula is C14H13FN4O3. The predicted octanol–water partition coefficient (Wildman–Crippen LogP) is 1.48. The number of ether oxygens (including phenoxy) is 1. The average Bonchev–Trinajstić information content (AvgIpc) is 2.97. The lowest BCUT2D eigenvalue weighted by Crippen LogP contribution is -2.06. The zero-order chi connectivity index (χ0) is 16.1. The van der Waals surface area contributed by atoms with E-state index < -0.39 is 11.6 Å². The number of phenols is 1. The first kappa shape index (κ1) is 15.4. The Morgan fingerprint density at radius 1 is 1.55 bits per heavy atom. The van der Waals surface area contributed by atoms with Gasteiger partial charge in [-0.05, 0) is 19.1 Å². The molecule has 0 amide bonds. The molecule has 0 radical (unpaired) electrons. The van der Waals surface area contributed by atoms with E-state index in [4.69, 9.17) is 10.00 Å². The molecule has 2 aromatic rings. The van der Waals surface area contributed by atoms with E-state index in [-0.39, 0.29) is 30.1 Å². The van der Waals surface area contributed by atoms with Crippen LogP contribution in [0.3, 0.4) is 0 Å². The first-order valence-corrected chi connectivity index (χ1v) is 6.54. The number of rotatable bonds is 5. The zero-order valence-corrected chi connectivity index (χ0v) is 11.8. The number of phenolic OH excluding ortho intramolecular Hbond substituents is 1. The first-order valence-electron chi connectivity index (χ1n) is 6.54. The summed E-state index contributed by atoms with van der Waals surface area (Å²) < 4.78 is 19.5. The molecule has 0 spiro atoms. The van der Waals surface area contributed by atoms with Crippen molar-refractivity contribution >= 4 is 5.97 Å². The van der Waals surface area contributed by atoms with Gasteiger partial charge in [-0.3, -0.25) is 4.79 Å². The van der Waals surface area contributed by atoms with Gasteiger partial charge in [0.05, 0.1) is 24.7 Å². The third kappa shape index (κ3) is 3.38. The highest BCUT2D eigenvalue weighted by Crippen LogP contribution is 2.26. The molecule has 0 atom stereocenters. The number of hydrogen-bond acceptors (Lipinski definition) is 6. The van der Waals surface area contributed by atoms with Crippen LogP contribution in [-0.2, 0) is 16.0 Å². The van der Waals surface area contributed by atoms with E-state index in [9.17, 15) is 14.3 Å². The average molecular weight is 304 g/mol. The molecule has 0 saturated carbocycles. The molecule has 1 aromatic carbocycles. The van der Waals surface area contributed by atoms with E-state index in [1.807, 2.05) is 0 Å². The second-order valence-corrected chi connectivity index (χ2v) is 4.35. The lowest BCUT2D eigenvalue weighted by molar-refractivity contribution is -0.143. The Morgan fingerprint density at radius 3 is 3.00 bits per heavy atom. The highest BCUT2D eigenvalue weighted by Gasteiger charge is 2.14. The minimum atomic E-state index is -0.919. The maximum Gasteiger partial charge on any atom is 0.306 e. The van der Waals surface area contributed by atoms with Gasteiger partial charge in [-0.25, -0.2) is 14.1 Å². The molecule has 7 nitrogen and oxygen atoms in total. The van der Waals surface area contributed by atoms with Crippen LogP contribution in [0.5, 0.6) is 5.75 Å². The molecule has 0 aliphatic carbocycles. The highest BCUT2D eigenvalue weighted by atomic mass is 19.1. The summed E-state index contributed by atoms with van der Waals surface area (Å²) in [6, 6.07) is 4.01. The van der Waals surface area contributed by atoms with Crippen molar-refractivity contribution in [3.8, 4) is 17.5 Å². The van der Waals surface area contributed by atoms with Crippen LogP contribution in [0, 0.1) is 17.1 Å². The smallest absolute Gasteiger partial charge is 0.306 e. The fourth-order valence-corrected chi connectivity index (χ4v) is 1.80. The minimum absolute atomic E-state index is 0.00596. The van der Waals surface area contributed by atoms with Gasteiger partial charge in [0.2, 0.25) is 0 Å². The van der Waals surface area contributed by atoms with Crippen LogP contribution in [0.4, 0.5) is 4.39 Å². The van der Waals surface area contributed by atoms with Crippen molar-refractivity contribution in [2.75, 3.05) is 6.61 Å². The number of aryl methyl sites for hydroxylation is 1. The summed E-state index contributed by atoms with van der Waals surface area (Å²) in [5.74, 6) is -1.56. The van der Waals surface area contributed by atoms with Crippen LogP contribution < -0.4 is 0 Å². The molecule has 0 aliphatic heterocycles. The number of halogens is 1. The van der Waals surface area contributed by atoms with Gasteiger partial charge in [-0.15, -0.1) is 0 Å². The van der Waals surface area contributed by atoms with E-state index in [1.54, 1.807) is 13.0 Å². The number of hydrogen-bond donors (Lipinski definition) is 1. The monoisotopic (exact) mass is 304 g/mol. The lowest BCUT2D eigenvalue weighted by atomic mass is 10.2. The van der Waals surface area contributed by atoms with Crippen LogP contribution >= 0.6 is 0 Å². The SMILES string of the molecule is CCOC(=O)CCc1ncn(-c2cc(C#N)cc(F)c2O)n1. The summed E-state index contributed by atoms with van der Waals surface area (Å²) in [5.41, 5.74) is 0.0558. The Morgan fingerprint density at radius 2 is 2.32 bits per heavy atom. The largest absolute Gasteiger partial charge is 0.503 e. The minimum Gasteiger partial charge on any atom is -0.503 e. The quantitative estimate of drug-likeness (QED) is 0.840. The number of carbonyl (C=O) groups excluding carboxylic acids is 1. The molecule has 0 saturated heterocycles. The number of aromatic nitrogens is 3. The Kier molecular flexibility index (Phi) is 4.68. The maximum atomic E-state index is 13.5. The Bertz CT molecular complexity index is 736. The normalized spacial score (nSPS) is 10.2. The topological polar surface area (TPSA) is 101 Å². The number of benzene rings is 1. The van der Waals surface area contributed by atoms with Gasteiger partial charge in [-0.2, -0.15) is 10.4 Å². The van der Waals surface area contributed by atoms with Crippen molar-refractivity contribution < 1.29 is 19.0 Å². The molecule has 22 heavy (non-hydrogen) atoms. The van der Waals surface area contributed by atoms with Gasteiger partial charge >= 0.3 is 5.97 Å². The van der Waals surface area contributed by atoms with Gasteiger partial charge in [0.25, 0.3) is 0 Å². The Hall–Kier alpha value is -2.95. The second-order valence-electron chi connectivity index (χ2n) is 4.35. The lowest BCUT2D eigenvalue weighted by Gasteiger charge is -2.05. The number of carbonyl (C=O) groups is 1. The third-order valence-corrected chi connectivity index (χ3v) is 2.82. The van der Waals surface area contributed by atoms with Gasteiger partial charge < -0.3 is 9.84 Å². The molecule has 0 aliphatic rings. The van der Waals surface area contributed by atoms with Crippen molar-refractivity contribution in [2.24, 2.45) is 0 Å². The number of esters is 1. The summed E-state index contributed by atoms with van der Waals surface area (Å²) in [4.78, 5) is 15.2. The van der Waals surface area contributed by atoms with E-state index >= 15 is 0 Å². The second kappa shape index (κ2) is 6.67. The molecular weight excluding hydrogens is 291 g/mol. The summed E-state index contributed by atoms with van der Waals surface area (Å²) in [6.07, 6.45) is 1.65. The molecule has 0 unspecified atom stereocenters. The van der Waals surface area contributed by atoms with E-state index in [2.05, 4.69) is 10.1 Å². The van der Waals surface area contributed by atoms with Gasteiger partial charge in [-0.1, -0.05) is 0 Å². The molecule has 114 valence electrons. The molecule has 1 heterocycles. The van der Waals surface area contributed by atoms with Crippen molar-refractivity contribution in [3.63, 3.8) is 0 Å². The van der Waals surface area contributed by atoms with Crippen molar-refractivity contribution in [2.45, 2.75) is 19.8 Å². The van der Waals surface area contributed by atoms with Crippen LogP contribution in [0.1, 0.15) is 24.7 Å². The standard InChI is InChI=1S/C14H13FN4O3/c1-2-22-13(20)4-3-12-17-8-19(18-12)11-6-9(7-16)5-10(15)14(11)21/h5-6,8,21H,2-4H2,1H3. The van der Waals surface area contributed by atoms with E-state index in [0.717, 1.165) is 10.7 Å². The Labute approximate surface area is 125 Å². The fraction of sp³-hybridized carbons (Fsp3) is 0.286. The van der Waals surface area contributed by atoms with Gasteiger partial charge in [0.15, 0.2) is 17.4 Å². The van der Waals surface area contributed by atoms with Crippen molar-refractivity contribution in [1.29, 1.82) is 5.26 Å². The Balaban J connectivity index is 2.20. The van der Waals surface area contributed by atoms with Gasteiger partial charge in [0.1, 0.15) is 12.0 Å². The molecule has 8 heteroatoms. The molecule has 0 bridgehead atoms. The van der Waals surface area contributed by atoms with Crippen LogP contribution in [0.2, 0.25) is 0 Å². The number of nitriles is 1. The summed E-state index contributed by atoms with van der Waals surface area (Å²) in [7, 11) is 0. The molecule has 1 N–H and O–H groups in total. The predicted molar refractivity (Wildman–Crippen MR) is 72.7 cm³/mol. The van der Waals surface area contributed by atoms with Crippen LogP contribution in [-0.4, -0.2) is 32.4 Å². The highest BCUT2D eigenvalue weighted by molar-refractivity contribution is 5.69. The maximum absolute atomic E-state index is 13.5. The summed E-state index contributed by atoms with van der Waals surface area (Å²) >= 11 is 0. The number of aromatic hydroxyl groups is 1. The fourth-order valence-electron chi connectivity index (χ4n) is 1.80. The summed E-state index contributed by atoms with van der Waals surface area (Å²) in [6.45, 7) is 2.01. The van der Waals surface area contributed by atoms with Gasteiger partial charge in [0, 0.05) is 6.42 Å². The van der Waals surface area contributed by atoms with Crippen molar-refractivity contribution in [3.05, 3.63) is 35.7 Å². The summed E-state index contributed by atoms with van der Waals surface area (Å²) in [5, 5.41) is 22.6. The molecule has 0 fully saturated rings. The molecule has 2 rings (SSSR count). The van der Waals surface area contributed by atoms with Crippen molar-refractivity contribution in [1.82, 2.24) is 14.8 Å². The molecule has 1 aromatic heterocycles. The number of nitrogens with zero attached hydrogens (tertiary/aromatic N) is 4. The zero-order valence-electron chi connectivity index (χ0n) is 11.8. The van der Waals surface area contributed by atoms with Crippen LogP contribution in [0.15, 0.2) is 18.5 Å². The van der Waals surface area contributed by atoms with E-state index in [0.29, 0.717) is 12.4 Å².